The van der Waals surface area contributed by atoms with Crippen LogP contribution in [-0.2, 0) is 21.0 Å². The van der Waals surface area contributed by atoms with Crippen molar-refractivity contribution in [3.05, 3.63) is 57.6 Å². The van der Waals surface area contributed by atoms with E-state index in [2.05, 4.69) is 5.16 Å². The number of alkyl halides is 2. The lowest BCUT2D eigenvalue weighted by molar-refractivity contribution is -0.132. The van der Waals surface area contributed by atoms with E-state index >= 15 is 0 Å². The average Bonchev–Trinajstić information content (AvgIpc) is 3.36. The first-order valence-electron chi connectivity index (χ1n) is 9.17. The van der Waals surface area contributed by atoms with Gasteiger partial charge in [0.15, 0.2) is 5.71 Å². The molecule has 0 bridgehead atoms. The lowest BCUT2D eigenvalue weighted by atomic mass is 10.0. The maximum Gasteiger partial charge on any atom is 0.360 e. The van der Waals surface area contributed by atoms with Gasteiger partial charge in [-0.2, -0.15) is 0 Å². The highest BCUT2D eigenvalue weighted by molar-refractivity contribution is 6.50. The van der Waals surface area contributed by atoms with E-state index in [0.29, 0.717) is 45.7 Å². The molecule has 2 aromatic rings. The van der Waals surface area contributed by atoms with Crippen LogP contribution in [0.4, 0.5) is 0 Å². The van der Waals surface area contributed by atoms with Gasteiger partial charge >= 0.3 is 5.97 Å². The number of carbonyl (C=O) groups excluding carboxylic acids is 1. The van der Waals surface area contributed by atoms with Crippen LogP contribution in [-0.4, -0.2) is 36.8 Å². The molecule has 0 saturated heterocycles. The number of ether oxygens (including phenoxy) is 3. The number of carbonyl (C=O) groups is 1. The van der Waals surface area contributed by atoms with Crippen molar-refractivity contribution >= 4 is 58.1 Å². The molecule has 1 fully saturated rings. The number of hydrogen-bond donors (Lipinski definition) is 0. The van der Waals surface area contributed by atoms with Crippen LogP contribution < -0.4 is 9.47 Å². The van der Waals surface area contributed by atoms with E-state index in [-0.39, 0.29) is 18.2 Å². The predicted molar refractivity (Wildman–Crippen MR) is 121 cm³/mol. The second-order valence-electron chi connectivity index (χ2n) is 6.75. The maximum absolute atomic E-state index is 12.1. The summed E-state index contributed by atoms with van der Waals surface area (Å²) in [6.07, 6.45) is 0.660. The Kier molecular flexibility index (Phi) is 7.81. The van der Waals surface area contributed by atoms with Crippen molar-refractivity contribution in [2.45, 2.75) is 17.4 Å². The van der Waals surface area contributed by atoms with Crippen LogP contribution in [0.3, 0.4) is 0 Å². The summed E-state index contributed by atoms with van der Waals surface area (Å²) >= 11 is 24.6. The van der Waals surface area contributed by atoms with Gasteiger partial charge in [-0.15, -0.1) is 23.2 Å². The smallest absolute Gasteiger partial charge is 0.360 e. The minimum absolute atomic E-state index is 0.0190. The quantitative estimate of drug-likeness (QED) is 0.190. The van der Waals surface area contributed by atoms with Crippen molar-refractivity contribution in [1.82, 2.24) is 0 Å². The Morgan fingerprint density at radius 1 is 1.10 bits per heavy atom. The summed E-state index contributed by atoms with van der Waals surface area (Å²) in [5.74, 6) is 0.166. The summed E-state index contributed by atoms with van der Waals surface area (Å²) in [5, 5.41) is 4.43. The molecule has 10 heteroatoms. The molecular formula is C21H19Cl4NO5. The third-order valence-electron chi connectivity index (χ3n) is 4.60. The van der Waals surface area contributed by atoms with Gasteiger partial charge < -0.3 is 19.0 Å². The monoisotopic (exact) mass is 505 g/mol. The molecule has 0 aliphatic heterocycles. The molecule has 1 atom stereocenters. The number of methoxy groups -OCH3 is 1. The molecule has 166 valence electrons. The summed E-state index contributed by atoms with van der Waals surface area (Å²) in [7, 11) is 2.61. The fourth-order valence-electron chi connectivity index (χ4n) is 2.79. The van der Waals surface area contributed by atoms with Crippen LogP contribution in [0.15, 0.2) is 41.6 Å². The van der Waals surface area contributed by atoms with E-state index in [4.69, 9.17) is 65.5 Å². The standard InChI is InChI=1S/C21H19Cl4NO5/c1-28-20(27)19(26-29-2)14-6-4-3-5-12(14)10-30-17-8-18(16(23)7-15(17)22)31-11-13-9-21(13,24)25/h3-8,13H,9-11H2,1-2H3/b26-19+. The number of nitrogens with zero attached hydrogens (tertiary/aromatic N) is 1. The summed E-state index contributed by atoms with van der Waals surface area (Å²) in [4.78, 5) is 16.9. The van der Waals surface area contributed by atoms with Crippen molar-refractivity contribution in [3.8, 4) is 11.5 Å². The first-order valence-corrected chi connectivity index (χ1v) is 10.7. The molecule has 6 nitrogen and oxygen atoms in total. The van der Waals surface area contributed by atoms with Gasteiger partial charge in [0.25, 0.3) is 0 Å². The zero-order valence-corrected chi connectivity index (χ0v) is 19.7. The summed E-state index contributed by atoms with van der Waals surface area (Å²) in [6, 6.07) is 10.2. The largest absolute Gasteiger partial charge is 0.491 e. The molecule has 0 radical (unpaired) electrons. The Labute approximate surface area is 199 Å². The highest BCUT2D eigenvalue weighted by atomic mass is 35.5. The first-order chi connectivity index (χ1) is 14.8. The normalized spacial score (nSPS) is 17.1. The number of esters is 1. The zero-order chi connectivity index (χ0) is 22.6. The lowest BCUT2D eigenvalue weighted by Gasteiger charge is -2.15. The van der Waals surface area contributed by atoms with Crippen LogP contribution in [0.2, 0.25) is 10.0 Å². The van der Waals surface area contributed by atoms with E-state index in [1.54, 1.807) is 24.3 Å². The molecule has 0 N–H and O–H groups in total. The average molecular weight is 507 g/mol. The van der Waals surface area contributed by atoms with E-state index in [9.17, 15) is 4.79 Å². The second kappa shape index (κ2) is 10.2. The summed E-state index contributed by atoms with van der Waals surface area (Å²) in [6.45, 7) is 0.415. The van der Waals surface area contributed by atoms with Gasteiger partial charge in [0.2, 0.25) is 0 Å². The van der Waals surface area contributed by atoms with Gasteiger partial charge in [-0.3, -0.25) is 0 Å². The highest BCUT2D eigenvalue weighted by Crippen LogP contribution is 2.53. The Balaban J connectivity index is 1.78. The van der Waals surface area contributed by atoms with Gasteiger partial charge in [0.05, 0.1) is 23.8 Å². The molecular weight excluding hydrogens is 488 g/mol. The number of hydrogen-bond acceptors (Lipinski definition) is 6. The molecule has 2 aromatic carbocycles. The Morgan fingerprint density at radius 3 is 2.35 bits per heavy atom. The molecule has 31 heavy (non-hydrogen) atoms. The maximum atomic E-state index is 12.1. The minimum atomic E-state index is -0.747. The number of oxime groups is 1. The fraction of sp³-hybridized carbons (Fsp3) is 0.333. The van der Waals surface area contributed by atoms with Crippen LogP contribution in [0.1, 0.15) is 17.5 Å². The Hall–Kier alpha value is -1.86. The first kappa shape index (κ1) is 23.8. The minimum Gasteiger partial charge on any atom is -0.491 e. The lowest BCUT2D eigenvalue weighted by Crippen LogP contribution is -2.19. The summed E-state index contributed by atoms with van der Waals surface area (Å²) in [5.41, 5.74) is 1.20. The van der Waals surface area contributed by atoms with Gasteiger partial charge in [0.1, 0.15) is 29.5 Å². The molecule has 1 saturated carbocycles. The van der Waals surface area contributed by atoms with Crippen LogP contribution in [0, 0.1) is 5.92 Å². The van der Waals surface area contributed by atoms with Crippen LogP contribution in [0.5, 0.6) is 11.5 Å². The van der Waals surface area contributed by atoms with Crippen molar-refractivity contribution in [3.63, 3.8) is 0 Å². The molecule has 0 heterocycles. The van der Waals surface area contributed by atoms with Gasteiger partial charge in [0, 0.05) is 17.5 Å². The van der Waals surface area contributed by atoms with Crippen molar-refractivity contribution < 1.29 is 23.8 Å². The van der Waals surface area contributed by atoms with E-state index in [1.165, 1.54) is 20.3 Å². The second-order valence-corrected chi connectivity index (χ2v) is 9.10. The predicted octanol–water partition coefficient (Wildman–Crippen LogP) is 5.67. The SMILES string of the molecule is CO/N=C(/C(=O)OC)c1ccccc1COc1cc(OCC2CC2(Cl)Cl)c(Cl)cc1Cl. The van der Waals surface area contributed by atoms with E-state index in [0.717, 1.165) is 0 Å². The zero-order valence-electron chi connectivity index (χ0n) is 16.7. The van der Waals surface area contributed by atoms with E-state index < -0.39 is 10.3 Å². The molecule has 1 aliphatic rings. The van der Waals surface area contributed by atoms with E-state index in [1.807, 2.05) is 6.07 Å². The number of benzene rings is 2. The third kappa shape index (κ3) is 5.89. The van der Waals surface area contributed by atoms with Crippen molar-refractivity contribution in [1.29, 1.82) is 0 Å². The molecule has 1 aliphatic carbocycles. The Morgan fingerprint density at radius 2 is 1.74 bits per heavy atom. The van der Waals surface area contributed by atoms with Crippen LogP contribution in [0.25, 0.3) is 0 Å². The number of rotatable bonds is 9. The molecule has 1 unspecified atom stereocenters. The summed E-state index contributed by atoms with van der Waals surface area (Å²) < 4.78 is 15.7. The molecule has 3 rings (SSSR count). The Bertz CT molecular complexity index is 996. The third-order valence-corrected chi connectivity index (χ3v) is 6.12. The van der Waals surface area contributed by atoms with Gasteiger partial charge in [-0.25, -0.2) is 4.79 Å². The molecule has 0 spiro atoms. The van der Waals surface area contributed by atoms with Gasteiger partial charge in [-0.05, 0) is 18.1 Å². The number of halogens is 4. The topological polar surface area (TPSA) is 66.4 Å². The molecule has 0 amide bonds. The van der Waals surface area contributed by atoms with Gasteiger partial charge in [-0.1, -0.05) is 52.6 Å². The van der Waals surface area contributed by atoms with Crippen LogP contribution >= 0.6 is 46.4 Å². The van der Waals surface area contributed by atoms with Crippen molar-refractivity contribution in [2.24, 2.45) is 11.1 Å². The fourth-order valence-corrected chi connectivity index (χ4v) is 3.78. The van der Waals surface area contributed by atoms with Crippen molar-refractivity contribution in [2.75, 3.05) is 20.8 Å². The molecule has 0 aromatic heterocycles. The highest BCUT2D eigenvalue weighted by Gasteiger charge is 2.52.